The smallest absolute Gasteiger partial charge is 0.293 e. The molecule has 2 aromatic carbocycles. The first kappa shape index (κ1) is 20.3. The Morgan fingerprint density at radius 2 is 2.00 bits per heavy atom. The Balaban J connectivity index is 1.85. The van der Waals surface area contributed by atoms with E-state index in [1.807, 2.05) is 36.4 Å². The van der Waals surface area contributed by atoms with Gasteiger partial charge in [-0.1, -0.05) is 36.3 Å². The predicted octanol–water partition coefficient (Wildman–Crippen LogP) is 4.55. The highest BCUT2D eigenvalue weighted by Gasteiger charge is 2.35. The standard InChI is InChI=1S/C21H16INO4S/c1-3-9-27-19-16(22)10-15(11-17(19)26-2)12-18-20(24)23(21(25)28-18)13-14-7-5-4-6-8-14/h1,4-8,10-12H,9,13H2,2H3/b18-12+. The number of thioether (sulfide) groups is 1. The number of methoxy groups -OCH3 is 1. The molecule has 2 aromatic rings. The second kappa shape index (κ2) is 9.17. The lowest BCUT2D eigenvalue weighted by Gasteiger charge is -2.13. The Bertz CT molecular complexity index is 982. The predicted molar refractivity (Wildman–Crippen MR) is 118 cm³/mol. The first-order valence-electron chi connectivity index (χ1n) is 8.26. The summed E-state index contributed by atoms with van der Waals surface area (Å²) in [6.07, 6.45) is 6.93. The number of halogens is 1. The highest BCUT2D eigenvalue weighted by atomic mass is 127. The van der Waals surface area contributed by atoms with Crippen molar-refractivity contribution in [2.45, 2.75) is 6.54 Å². The largest absolute Gasteiger partial charge is 0.493 e. The molecule has 28 heavy (non-hydrogen) atoms. The Kier molecular flexibility index (Phi) is 6.65. The third-order valence-electron chi connectivity index (χ3n) is 3.91. The summed E-state index contributed by atoms with van der Waals surface area (Å²) in [5.74, 6) is 3.18. The summed E-state index contributed by atoms with van der Waals surface area (Å²) in [5.41, 5.74) is 1.64. The van der Waals surface area contributed by atoms with Crippen LogP contribution < -0.4 is 9.47 Å². The lowest BCUT2D eigenvalue weighted by atomic mass is 10.1. The third kappa shape index (κ3) is 4.51. The van der Waals surface area contributed by atoms with Crippen molar-refractivity contribution in [3.05, 3.63) is 62.1 Å². The van der Waals surface area contributed by atoms with Gasteiger partial charge >= 0.3 is 0 Å². The normalized spacial score (nSPS) is 15.0. The molecule has 0 bridgehead atoms. The van der Waals surface area contributed by atoms with Crippen LogP contribution >= 0.6 is 34.4 Å². The van der Waals surface area contributed by atoms with Crippen molar-refractivity contribution in [3.63, 3.8) is 0 Å². The average molecular weight is 505 g/mol. The van der Waals surface area contributed by atoms with Crippen molar-refractivity contribution in [1.29, 1.82) is 0 Å². The second-order valence-electron chi connectivity index (χ2n) is 5.78. The molecule has 0 spiro atoms. The van der Waals surface area contributed by atoms with Gasteiger partial charge in [-0.05, 0) is 63.7 Å². The molecular weight excluding hydrogens is 489 g/mol. The van der Waals surface area contributed by atoms with Gasteiger partial charge in [0.05, 0.1) is 22.1 Å². The van der Waals surface area contributed by atoms with Crippen LogP contribution in [0.4, 0.5) is 4.79 Å². The van der Waals surface area contributed by atoms with Crippen LogP contribution in [0.25, 0.3) is 6.08 Å². The van der Waals surface area contributed by atoms with Gasteiger partial charge in [0.25, 0.3) is 11.1 Å². The van der Waals surface area contributed by atoms with Gasteiger partial charge in [-0.25, -0.2) is 0 Å². The zero-order valence-electron chi connectivity index (χ0n) is 15.0. The summed E-state index contributed by atoms with van der Waals surface area (Å²) in [7, 11) is 1.53. The van der Waals surface area contributed by atoms with Crippen LogP contribution in [-0.4, -0.2) is 29.8 Å². The van der Waals surface area contributed by atoms with Crippen LogP contribution in [0.2, 0.25) is 0 Å². The van der Waals surface area contributed by atoms with Gasteiger partial charge in [-0.3, -0.25) is 14.5 Å². The number of rotatable bonds is 6. The summed E-state index contributed by atoms with van der Waals surface area (Å²) in [5, 5.41) is -0.282. The Labute approximate surface area is 181 Å². The van der Waals surface area contributed by atoms with E-state index in [1.165, 1.54) is 12.0 Å². The maximum Gasteiger partial charge on any atom is 0.293 e. The summed E-state index contributed by atoms with van der Waals surface area (Å²) >= 11 is 3.05. The quantitative estimate of drug-likeness (QED) is 0.328. The number of ether oxygens (including phenoxy) is 2. The minimum Gasteiger partial charge on any atom is -0.493 e. The van der Waals surface area contributed by atoms with E-state index in [-0.39, 0.29) is 24.3 Å². The van der Waals surface area contributed by atoms with Gasteiger partial charge in [0.2, 0.25) is 0 Å². The van der Waals surface area contributed by atoms with Gasteiger partial charge in [0.1, 0.15) is 6.61 Å². The van der Waals surface area contributed by atoms with E-state index in [1.54, 1.807) is 12.1 Å². The molecule has 1 aliphatic rings. The molecule has 7 heteroatoms. The fourth-order valence-corrected chi connectivity index (χ4v) is 4.25. The summed E-state index contributed by atoms with van der Waals surface area (Å²) in [6.45, 7) is 0.382. The van der Waals surface area contributed by atoms with Crippen LogP contribution in [0.15, 0.2) is 47.4 Å². The molecule has 142 valence electrons. The number of carbonyl (C=O) groups excluding carboxylic acids is 2. The van der Waals surface area contributed by atoms with Gasteiger partial charge in [0.15, 0.2) is 11.5 Å². The number of benzene rings is 2. The minimum absolute atomic E-state index is 0.129. The molecule has 0 radical (unpaired) electrons. The molecule has 0 saturated carbocycles. The van der Waals surface area contributed by atoms with Crippen molar-refractivity contribution >= 4 is 51.6 Å². The lowest BCUT2D eigenvalue weighted by molar-refractivity contribution is -0.123. The van der Waals surface area contributed by atoms with E-state index in [0.29, 0.717) is 16.4 Å². The van der Waals surface area contributed by atoms with Crippen molar-refractivity contribution in [2.75, 3.05) is 13.7 Å². The van der Waals surface area contributed by atoms with E-state index in [9.17, 15) is 9.59 Å². The third-order valence-corrected chi connectivity index (χ3v) is 5.62. The molecule has 1 fully saturated rings. The fourth-order valence-electron chi connectivity index (χ4n) is 2.63. The van der Waals surface area contributed by atoms with Gasteiger partial charge in [0, 0.05) is 0 Å². The number of hydrogen-bond acceptors (Lipinski definition) is 5. The van der Waals surface area contributed by atoms with Crippen LogP contribution in [-0.2, 0) is 11.3 Å². The summed E-state index contributed by atoms with van der Waals surface area (Å²) in [4.78, 5) is 26.6. The average Bonchev–Trinajstić information content (AvgIpc) is 2.95. The van der Waals surface area contributed by atoms with E-state index >= 15 is 0 Å². The topological polar surface area (TPSA) is 55.8 Å². The van der Waals surface area contributed by atoms with E-state index in [0.717, 1.165) is 26.5 Å². The minimum atomic E-state index is -0.305. The fraction of sp³-hybridized carbons (Fsp3) is 0.143. The number of hydrogen-bond donors (Lipinski definition) is 0. The molecule has 0 N–H and O–H groups in total. The van der Waals surface area contributed by atoms with Crippen LogP contribution in [0.1, 0.15) is 11.1 Å². The SMILES string of the molecule is C#CCOc1c(I)cc(/C=C2/SC(=O)N(Cc3ccccc3)C2=O)cc1OC. The van der Waals surface area contributed by atoms with Gasteiger partial charge in [-0.15, -0.1) is 6.42 Å². The molecule has 0 aromatic heterocycles. The maximum atomic E-state index is 12.7. The van der Waals surface area contributed by atoms with Crippen molar-refractivity contribution in [3.8, 4) is 23.8 Å². The Hall–Kier alpha value is -2.44. The van der Waals surface area contributed by atoms with Gasteiger partial charge in [-0.2, -0.15) is 0 Å². The van der Waals surface area contributed by atoms with Crippen molar-refractivity contribution in [1.82, 2.24) is 4.90 Å². The first-order valence-corrected chi connectivity index (χ1v) is 10.2. The number of nitrogens with zero attached hydrogens (tertiary/aromatic N) is 1. The van der Waals surface area contributed by atoms with E-state index in [4.69, 9.17) is 15.9 Å². The lowest BCUT2D eigenvalue weighted by Crippen LogP contribution is -2.27. The molecular formula is C21H16INO4S. The Morgan fingerprint density at radius 3 is 2.68 bits per heavy atom. The Morgan fingerprint density at radius 1 is 1.25 bits per heavy atom. The molecule has 3 rings (SSSR count). The molecule has 1 saturated heterocycles. The van der Waals surface area contributed by atoms with E-state index < -0.39 is 0 Å². The zero-order chi connectivity index (χ0) is 20.1. The number of imide groups is 1. The molecule has 0 atom stereocenters. The number of terminal acetylenes is 1. The van der Waals surface area contributed by atoms with Crippen LogP contribution in [0.3, 0.4) is 0 Å². The molecule has 1 heterocycles. The molecule has 2 amide bonds. The molecule has 0 unspecified atom stereocenters. The highest BCUT2D eigenvalue weighted by Crippen LogP contribution is 2.37. The zero-order valence-corrected chi connectivity index (χ0v) is 18.0. The molecule has 5 nitrogen and oxygen atoms in total. The van der Waals surface area contributed by atoms with Crippen LogP contribution in [0, 0.1) is 15.9 Å². The first-order chi connectivity index (χ1) is 13.5. The monoisotopic (exact) mass is 505 g/mol. The molecule has 0 aliphatic carbocycles. The second-order valence-corrected chi connectivity index (χ2v) is 7.94. The molecule has 1 aliphatic heterocycles. The number of carbonyl (C=O) groups is 2. The van der Waals surface area contributed by atoms with Crippen LogP contribution in [0.5, 0.6) is 11.5 Å². The van der Waals surface area contributed by atoms with E-state index in [2.05, 4.69) is 28.5 Å². The van der Waals surface area contributed by atoms with Crippen molar-refractivity contribution < 1.29 is 19.1 Å². The maximum absolute atomic E-state index is 12.7. The van der Waals surface area contributed by atoms with Gasteiger partial charge < -0.3 is 9.47 Å². The highest BCUT2D eigenvalue weighted by molar-refractivity contribution is 14.1. The summed E-state index contributed by atoms with van der Waals surface area (Å²) < 4.78 is 11.7. The van der Waals surface area contributed by atoms with Crippen molar-refractivity contribution in [2.24, 2.45) is 0 Å². The number of amides is 2. The summed E-state index contributed by atoms with van der Waals surface area (Å²) in [6, 6.07) is 13.0.